The Hall–Kier alpha value is -5.43. The first-order chi connectivity index (χ1) is 26.2. The maximum atomic E-state index is 13.2. The zero-order valence-corrected chi connectivity index (χ0v) is 31.6. The van der Waals surface area contributed by atoms with Gasteiger partial charge in [0.15, 0.2) is 0 Å². The highest BCUT2D eigenvalue weighted by molar-refractivity contribution is 5.89. The Morgan fingerprint density at radius 1 is 0.685 bits per heavy atom. The lowest BCUT2D eigenvalue weighted by Gasteiger charge is -2.39. The summed E-state index contributed by atoms with van der Waals surface area (Å²) in [6, 6.07) is 52.4. The summed E-state index contributed by atoms with van der Waals surface area (Å²) in [5.74, 6) is 0.883. The van der Waals surface area contributed by atoms with Gasteiger partial charge in [-0.15, -0.1) is 0 Å². The van der Waals surface area contributed by atoms with Crippen molar-refractivity contribution in [3.8, 4) is 5.75 Å². The minimum Gasteiger partial charge on any atom is -0.496 e. The van der Waals surface area contributed by atoms with Crippen LogP contribution in [0.1, 0.15) is 66.5 Å². The molecule has 1 saturated heterocycles. The highest BCUT2D eigenvalue weighted by Gasteiger charge is 2.38. The van der Waals surface area contributed by atoms with Gasteiger partial charge in [0.25, 0.3) is 0 Å². The predicted octanol–water partition coefficient (Wildman–Crippen LogP) is 10.7. The molecular weight excluding hydrogens is 671 g/mol. The molecule has 1 aliphatic heterocycles. The van der Waals surface area contributed by atoms with Crippen molar-refractivity contribution < 1.29 is 23.7 Å². The fraction of sp³-hybridized carbons (Fsp3) is 0.271. The highest BCUT2D eigenvalue weighted by Crippen LogP contribution is 2.41. The van der Waals surface area contributed by atoms with Crippen molar-refractivity contribution in [2.75, 3.05) is 20.2 Å². The standard InChI is InChI=1S/C48H49NO5/c1-47(2,3)54-46(50)49-31-30-42(44(32-49)52-34-38-29-28-36-16-14-15-23-43(36)45(38)51-4)37-26-24-35(25-27-37)33-53-48(39-17-8-5-9-18-39,40-19-10-6-11-20-40)41-21-12-7-13-22-41/h5-29,42,44H,30-34H2,1-4H3. The molecule has 2 unspecified atom stereocenters. The smallest absolute Gasteiger partial charge is 0.410 e. The zero-order valence-electron chi connectivity index (χ0n) is 31.6. The van der Waals surface area contributed by atoms with E-state index in [1.54, 1.807) is 12.0 Å². The number of benzene rings is 6. The third kappa shape index (κ3) is 8.06. The van der Waals surface area contributed by atoms with Crippen LogP contribution >= 0.6 is 0 Å². The SMILES string of the molecule is COc1c(COC2CN(C(=O)OC(C)(C)C)CCC2c2ccc(COC(c3ccccc3)(c3ccccc3)c3ccccc3)cc2)ccc2ccccc12. The van der Waals surface area contributed by atoms with Crippen LogP contribution < -0.4 is 4.74 Å². The average molecular weight is 720 g/mol. The molecule has 6 aromatic rings. The molecule has 0 bridgehead atoms. The zero-order chi connectivity index (χ0) is 37.5. The van der Waals surface area contributed by atoms with Crippen LogP contribution in [-0.4, -0.2) is 42.9 Å². The van der Waals surface area contributed by atoms with Gasteiger partial charge in [0.05, 0.1) is 33.0 Å². The fourth-order valence-electron chi connectivity index (χ4n) is 7.62. The van der Waals surface area contributed by atoms with Gasteiger partial charge < -0.3 is 23.8 Å². The van der Waals surface area contributed by atoms with Crippen LogP contribution in [0.4, 0.5) is 4.79 Å². The Balaban J connectivity index is 1.15. The molecule has 7 rings (SSSR count). The third-order valence-corrected chi connectivity index (χ3v) is 10.2. The van der Waals surface area contributed by atoms with Gasteiger partial charge in [-0.3, -0.25) is 0 Å². The molecule has 0 N–H and O–H groups in total. The number of amides is 1. The van der Waals surface area contributed by atoms with Crippen molar-refractivity contribution in [3.05, 3.63) is 185 Å². The Morgan fingerprint density at radius 2 is 1.26 bits per heavy atom. The van der Waals surface area contributed by atoms with E-state index in [-0.39, 0.29) is 18.1 Å². The lowest BCUT2D eigenvalue weighted by atomic mass is 9.80. The van der Waals surface area contributed by atoms with Gasteiger partial charge in [0.1, 0.15) is 17.0 Å². The van der Waals surface area contributed by atoms with E-state index >= 15 is 0 Å². The molecule has 0 aromatic heterocycles. The number of ether oxygens (including phenoxy) is 4. The largest absolute Gasteiger partial charge is 0.496 e. The van der Waals surface area contributed by atoms with E-state index in [1.165, 1.54) is 5.56 Å². The van der Waals surface area contributed by atoms with Gasteiger partial charge in [0.2, 0.25) is 0 Å². The van der Waals surface area contributed by atoms with E-state index in [4.69, 9.17) is 18.9 Å². The van der Waals surface area contributed by atoms with E-state index in [9.17, 15) is 4.79 Å². The summed E-state index contributed by atoms with van der Waals surface area (Å²) in [5.41, 5.74) is 5.01. The number of carbonyl (C=O) groups excluding carboxylic acids is 1. The number of likely N-dealkylation sites (tertiary alicyclic amines) is 1. The monoisotopic (exact) mass is 719 g/mol. The summed E-state index contributed by atoms with van der Waals surface area (Å²) in [5, 5.41) is 2.16. The molecule has 6 heteroatoms. The maximum absolute atomic E-state index is 13.2. The number of piperidine rings is 1. The summed E-state index contributed by atoms with van der Waals surface area (Å²) < 4.78 is 25.5. The lowest BCUT2D eigenvalue weighted by molar-refractivity contribution is -0.0363. The molecule has 1 aliphatic rings. The van der Waals surface area contributed by atoms with E-state index in [2.05, 4.69) is 121 Å². The number of rotatable bonds is 11. The van der Waals surface area contributed by atoms with Gasteiger partial charge in [-0.25, -0.2) is 4.79 Å². The second kappa shape index (κ2) is 16.3. The minimum atomic E-state index is -0.806. The molecule has 0 spiro atoms. The van der Waals surface area contributed by atoms with Crippen LogP contribution in [0.3, 0.4) is 0 Å². The molecule has 276 valence electrons. The van der Waals surface area contributed by atoms with E-state index in [0.29, 0.717) is 26.3 Å². The second-order valence-corrected chi connectivity index (χ2v) is 15.0. The Labute approximate surface area is 319 Å². The average Bonchev–Trinajstić information content (AvgIpc) is 3.21. The van der Waals surface area contributed by atoms with Gasteiger partial charge >= 0.3 is 6.09 Å². The number of hydrogen-bond acceptors (Lipinski definition) is 5. The van der Waals surface area contributed by atoms with E-state index in [0.717, 1.165) is 50.8 Å². The van der Waals surface area contributed by atoms with Crippen LogP contribution in [0.2, 0.25) is 0 Å². The first-order valence-electron chi connectivity index (χ1n) is 18.8. The lowest BCUT2D eigenvalue weighted by Crippen LogP contribution is -2.48. The molecule has 2 atom stereocenters. The number of nitrogens with zero attached hydrogens (tertiary/aromatic N) is 1. The molecular formula is C48H49NO5. The predicted molar refractivity (Wildman–Crippen MR) is 215 cm³/mol. The van der Waals surface area contributed by atoms with Crippen LogP contribution in [0.5, 0.6) is 5.75 Å². The van der Waals surface area contributed by atoms with Crippen molar-refractivity contribution in [2.45, 2.75) is 63.6 Å². The first-order valence-corrected chi connectivity index (χ1v) is 18.8. The molecule has 0 saturated carbocycles. The molecule has 0 radical (unpaired) electrons. The van der Waals surface area contributed by atoms with E-state index in [1.807, 2.05) is 51.1 Å². The minimum absolute atomic E-state index is 0.0714. The van der Waals surface area contributed by atoms with Crippen molar-refractivity contribution >= 4 is 16.9 Å². The van der Waals surface area contributed by atoms with Gasteiger partial charge in [-0.05, 0) is 60.4 Å². The summed E-state index contributed by atoms with van der Waals surface area (Å²) >= 11 is 0. The van der Waals surface area contributed by atoms with Crippen molar-refractivity contribution in [1.29, 1.82) is 0 Å². The summed E-state index contributed by atoms with van der Waals surface area (Å²) in [7, 11) is 1.70. The topological polar surface area (TPSA) is 57.2 Å². The summed E-state index contributed by atoms with van der Waals surface area (Å²) in [6.07, 6.45) is 0.170. The molecule has 6 nitrogen and oxygen atoms in total. The molecule has 54 heavy (non-hydrogen) atoms. The van der Waals surface area contributed by atoms with Crippen molar-refractivity contribution in [1.82, 2.24) is 4.90 Å². The Bertz CT molecular complexity index is 2030. The summed E-state index contributed by atoms with van der Waals surface area (Å²) in [6.45, 7) is 7.44. The molecule has 1 fully saturated rings. The Morgan fingerprint density at radius 3 is 1.83 bits per heavy atom. The normalized spacial score (nSPS) is 16.3. The number of carbonyl (C=O) groups is 1. The molecule has 0 aliphatic carbocycles. The quantitative estimate of drug-likeness (QED) is 0.125. The van der Waals surface area contributed by atoms with Crippen LogP contribution in [0, 0.1) is 0 Å². The second-order valence-electron chi connectivity index (χ2n) is 15.0. The fourth-order valence-corrected chi connectivity index (χ4v) is 7.62. The maximum Gasteiger partial charge on any atom is 0.410 e. The third-order valence-electron chi connectivity index (χ3n) is 10.2. The molecule has 6 aromatic carbocycles. The number of fused-ring (bicyclic) bond motifs is 1. The van der Waals surface area contributed by atoms with Crippen molar-refractivity contribution in [3.63, 3.8) is 0 Å². The Kier molecular flexibility index (Phi) is 11.1. The number of hydrogen-bond donors (Lipinski definition) is 0. The van der Waals surface area contributed by atoms with Crippen LogP contribution in [-0.2, 0) is 33.0 Å². The number of methoxy groups -OCH3 is 1. The van der Waals surface area contributed by atoms with Gasteiger partial charge in [-0.1, -0.05) is 152 Å². The van der Waals surface area contributed by atoms with Crippen LogP contribution in [0.25, 0.3) is 10.8 Å². The first kappa shape index (κ1) is 36.9. The van der Waals surface area contributed by atoms with Crippen molar-refractivity contribution in [2.24, 2.45) is 0 Å². The van der Waals surface area contributed by atoms with E-state index < -0.39 is 11.2 Å². The van der Waals surface area contributed by atoms with Gasteiger partial charge in [-0.2, -0.15) is 0 Å². The molecule has 1 heterocycles. The highest BCUT2D eigenvalue weighted by atomic mass is 16.6. The van der Waals surface area contributed by atoms with Gasteiger partial charge in [0, 0.05) is 23.4 Å². The van der Waals surface area contributed by atoms with Crippen LogP contribution in [0.15, 0.2) is 152 Å². The molecule has 1 amide bonds. The summed E-state index contributed by atoms with van der Waals surface area (Å²) in [4.78, 5) is 15.0.